The number of nitrogens with one attached hydrogen (secondary N) is 1. The van der Waals surface area contributed by atoms with Gasteiger partial charge >= 0.3 is 5.97 Å². The largest absolute Gasteiger partial charge is 0.463 e. The van der Waals surface area contributed by atoms with Crippen molar-refractivity contribution in [2.24, 2.45) is 11.8 Å². The average Bonchev–Trinajstić information content (AvgIpc) is 2.86. The first-order chi connectivity index (χ1) is 16.6. The summed E-state index contributed by atoms with van der Waals surface area (Å²) >= 11 is 0. The van der Waals surface area contributed by atoms with Crippen molar-refractivity contribution in [2.75, 3.05) is 26.7 Å². The van der Waals surface area contributed by atoms with Gasteiger partial charge in [-0.1, -0.05) is 45.6 Å². The molecule has 2 aliphatic rings. The molecule has 2 fully saturated rings. The second kappa shape index (κ2) is 16.7. The number of piperidine rings is 1. The Kier molecular flexibility index (Phi) is 14.9. The lowest BCUT2D eigenvalue weighted by molar-refractivity contribution is -0.139. The molecule has 0 spiro atoms. The number of likely N-dealkylation sites (N-methyl/N-ethyl adjacent to an activating group) is 1. The van der Waals surface area contributed by atoms with Crippen molar-refractivity contribution >= 4 is 18.3 Å². The highest BCUT2D eigenvalue weighted by Gasteiger charge is 2.34. The van der Waals surface area contributed by atoms with E-state index in [0.717, 1.165) is 31.7 Å². The van der Waals surface area contributed by atoms with E-state index in [4.69, 9.17) is 4.74 Å². The van der Waals surface area contributed by atoms with Crippen LogP contribution in [0.2, 0.25) is 0 Å². The molecule has 1 N–H and O–H groups in total. The quantitative estimate of drug-likeness (QED) is 0.274. The summed E-state index contributed by atoms with van der Waals surface area (Å²) in [5.74, 6) is -0.173. The van der Waals surface area contributed by atoms with Crippen molar-refractivity contribution in [1.82, 2.24) is 15.1 Å². The Balaban J connectivity index is 0.000000566. The van der Waals surface area contributed by atoms with Crippen molar-refractivity contribution in [3.8, 4) is 0 Å². The predicted molar refractivity (Wildman–Crippen MR) is 142 cm³/mol. The molecule has 2 rings (SSSR count). The molecule has 1 saturated heterocycles. The number of ether oxygens (including phenoxy) is 1. The molecule has 1 saturated carbocycles. The Morgan fingerprint density at radius 2 is 1.60 bits per heavy atom. The summed E-state index contributed by atoms with van der Waals surface area (Å²) in [4.78, 5) is 40.3. The van der Waals surface area contributed by atoms with Crippen LogP contribution in [-0.2, 0) is 19.1 Å². The normalized spacial score (nSPS) is 19.4. The van der Waals surface area contributed by atoms with Crippen molar-refractivity contribution in [3.63, 3.8) is 0 Å². The molecular weight excluding hydrogens is 442 g/mol. The molecule has 2 amide bonds. The van der Waals surface area contributed by atoms with Crippen LogP contribution in [0, 0.1) is 11.8 Å². The number of carbonyl (C=O) groups is 3. The van der Waals surface area contributed by atoms with Crippen LogP contribution < -0.4 is 5.32 Å². The van der Waals surface area contributed by atoms with E-state index in [9.17, 15) is 14.4 Å². The maximum absolute atomic E-state index is 13.1. The maximum atomic E-state index is 13.1. The lowest BCUT2D eigenvalue weighted by atomic mass is 9.83. The number of nitrogens with zero attached hydrogens (tertiary/aromatic N) is 2. The fourth-order valence-electron chi connectivity index (χ4n) is 5.07. The molecule has 0 aromatic heterocycles. The minimum Gasteiger partial charge on any atom is -0.463 e. The van der Waals surface area contributed by atoms with E-state index >= 15 is 0 Å². The first-order valence-electron chi connectivity index (χ1n) is 13.7. The predicted octanol–water partition coefficient (Wildman–Crippen LogP) is 4.55. The highest BCUT2D eigenvalue weighted by molar-refractivity contribution is 5.88. The van der Waals surface area contributed by atoms with E-state index < -0.39 is 6.04 Å². The molecule has 7 nitrogen and oxygen atoms in total. The summed E-state index contributed by atoms with van der Waals surface area (Å²) in [6.07, 6.45) is 12.0. The summed E-state index contributed by atoms with van der Waals surface area (Å²) in [5, 5.41) is 2.74. The Hall–Kier alpha value is -1.89. The highest BCUT2D eigenvalue weighted by Crippen LogP contribution is 2.28. The minimum atomic E-state index is -0.504. The highest BCUT2D eigenvalue weighted by atomic mass is 16.5. The van der Waals surface area contributed by atoms with Gasteiger partial charge in [0, 0.05) is 18.7 Å². The Morgan fingerprint density at radius 1 is 1.03 bits per heavy atom. The Bertz CT molecular complexity index is 665. The van der Waals surface area contributed by atoms with E-state index in [1.54, 1.807) is 31.9 Å². The molecule has 0 bridgehead atoms. The van der Waals surface area contributed by atoms with Crippen LogP contribution in [0.15, 0.2) is 11.6 Å². The molecule has 0 aromatic carbocycles. The first kappa shape index (κ1) is 31.1. The van der Waals surface area contributed by atoms with Crippen LogP contribution in [0.1, 0.15) is 92.9 Å². The Labute approximate surface area is 214 Å². The zero-order valence-electron chi connectivity index (χ0n) is 23.3. The summed E-state index contributed by atoms with van der Waals surface area (Å²) in [5.41, 5.74) is 0.489. The molecule has 202 valence electrons. The fraction of sp³-hybridized carbons (Fsp3) is 0.821. The van der Waals surface area contributed by atoms with Crippen molar-refractivity contribution in [1.29, 1.82) is 0 Å². The zero-order chi connectivity index (χ0) is 26.4. The topological polar surface area (TPSA) is 79.0 Å². The number of amides is 2. The minimum absolute atomic E-state index is 0.101. The van der Waals surface area contributed by atoms with Gasteiger partial charge < -0.3 is 19.9 Å². The van der Waals surface area contributed by atoms with Crippen molar-refractivity contribution in [2.45, 2.75) is 111 Å². The van der Waals surface area contributed by atoms with Gasteiger partial charge in [0.25, 0.3) is 0 Å². The van der Waals surface area contributed by atoms with Gasteiger partial charge in [-0.15, -0.1) is 0 Å². The van der Waals surface area contributed by atoms with Crippen molar-refractivity contribution in [3.05, 3.63) is 11.6 Å². The van der Waals surface area contributed by atoms with Gasteiger partial charge in [-0.3, -0.25) is 9.59 Å². The van der Waals surface area contributed by atoms with E-state index in [1.807, 2.05) is 13.8 Å². The second-order valence-electron chi connectivity index (χ2n) is 10.6. The average molecular weight is 494 g/mol. The van der Waals surface area contributed by atoms with Gasteiger partial charge in [0.1, 0.15) is 6.04 Å². The molecule has 2 atom stereocenters. The van der Waals surface area contributed by atoms with Gasteiger partial charge in [0.2, 0.25) is 12.3 Å². The van der Waals surface area contributed by atoms with E-state index in [-0.39, 0.29) is 29.8 Å². The molecule has 1 aliphatic heterocycles. The smallest absolute Gasteiger partial charge is 0.333 e. The van der Waals surface area contributed by atoms with Crippen LogP contribution >= 0.6 is 0 Å². The number of hydrogen-bond donors (Lipinski definition) is 1. The van der Waals surface area contributed by atoms with Gasteiger partial charge in [-0.2, -0.15) is 0 Å². The zero-order valence-corrected chi connectivity index (χ0v) is 23.3. The summed E-state index contributed by atoms with van der Waals surface area (Å²) in [7, 11) is 1.74. The molecule has 1 heterocycles. The van der Waals surface area contributed by atoms with Gasteiger partial charge in [0.15, 0.2) is 0 Å². The maximum Gasteiger partial charge on any atom is 0.333 e. The molecular formula is C28H51N3O4. The Morgan fingerprint density at radius 3 is 2.06 bits per heavy atom. The number of hydrogen-bond acceptors (Lipinski definition) is 5. The lowest BCUT2D eigenvalue weighted by Gasteiger charge is -2.36. The van der Waals surface area contributed by atoms with Gasteiger partial charge in [-0.05, 0) is 78.3 Å². The molecule has 1 aliphatic carbocycles. The number of rotatable bonds is 10. The molecule has 0 unspecified atom stereocenters. The van der Waals surface area contributed by atoms with Crippen LogP contribution in [0.5, 0.6) is 0 Å². The summed E-state index contributed by atoms with van der Waals surface area (Å²) in [6, 6.07) is 0.0205. The fourth-order valence-corrected chi connectivity index (χ4v) is 5.07. The summed E-state index contributed by atoms with van der Waals surface area (Å²) < 4.78 is 5.04. The number of likely N-dealkylation sites (tertiary alicyclic amines) is 1. The first-order valence-corrected chi connectivity index (χ1v) is 13.7. The third-order valence-electron chi connectivity index (χ3n) is 7.25. The SMILES string of the molecule is CC(C)N1CCCCC1.CCOC(=O)/C(C)=C/[C@H](C(C)C)N(C)C(=O)[C@H](NC=O)C1CCCCC1. The third-order valence-corrected chi connectivity index (χ3v) is 7.25. The van der Waals surface area contributed by atoms with E-state index in [1.165, 1.54) is 38.8 Å². The van der Waals surface area contributed by atoms with E-state index in [0.29, 0.717) is 18.6 Å². The van der Waals surface area contributed by atoms with Gasteiger partial charge in [0.05, 0.1) is 12.6 Å². The van der Waals surface area contributed by atoms with Gasteiger partial charge in [-0.25, -0.2) is 4.79 Å². The number of esters is 1. The number of carbonyl (C=O) groups excluding carboxylic acids is 3. The van der Waals surface area contributed by atoms with Crippen LogP contribution in [0.25, 0.3) is 0 Å². The summed E-state index contributed by atoms with van der Waals surface area (Å²) in [6.45, 7) is 15.0. The van der Waals surface area contributed by atoms with Crippen LogP contribution in [0.3, 0.4) is 0 Å². The van der Waals surface area contributed by atoms with Crippen LogP contribution in [0.4, 0.5) is 0 Å². The second-order valence-corrected chi connectivity index (χ2v) is 10.6. The standard InChI is InChI=1S/C20H34N2O4.C8H17N/c1-6-26-20(25)15(4)12-17(14(2)3)22(5)19(24)18(21-13-23)16-10-8-7-9-11-16;1-8(2)9-6-4-3-5-7-9/h12-14,16-18H,6-11H2,1-5H3,(H,21,23);8H,3-7H2,1-2H3/b15-12+;/t17-,18-;/m1./s1. The van der Waals surface area contributed by atoms with Crippen molar-refractivity contribution < 1.29 is 19.1 Å². The molecule has 0 aromatic rings. The molecule has 0 radical (unpaired) electrons. The third kappa shape index (κ3) is 10.7. The van der Waals surface area contributed by atoms with E-state index in [2.05, 4.69) is 24.1 Å². The monoisotopic (exact) mass is 493 g/mol. The molecule has 7 heteroatoms. The lowest BCUT2D eigenvalue weighted by Crippen LogP contribution is -2.52. The van der Waals surface area contributed by atoms with Crippen LogP contribution in [-0.4, -0.2) is 73.0 Å². The molecule has 35 heavy (non-hydrogen) atoms.